The van der Waals surface area contributed by atoms with Crippen molar-refractivity contribution < 1.29 is 19.0 Å². The molecule has 4 N–H and O–H groups in total. The Morgan fingerprint density at radius 1 is 1.19 bits per heavy atom. The molecule has 2 aromatic rings. The largest absolute Gasteiger partial charge is 0.390 e. The van der Waals surface area contributed by atoms with E-state index in [4.69, 9.17) is 10.5 Å². The summed E-state index contributed by atoms with van der Waals surface area (Å²) >= 11 is 0. The van der Waals surface area contributed by atoms with Crippen molar-refractivity contribution in [2.45, 2.75) is 75.7 Å². The quantitative estimate of drug-likeness (QED) is 0.567. The maximum Gasteiger partial charge on any atom is 0.255 e. The highest BCUT2D eigenvalue weighted by Crippen LogP contribution is 2.41. The normalized spacial score (nSPS) is 31.4. The van der Waals surface area contributed by atoms with E-state index in [2.05, 4.69) is 53.3 Å². The first-order valence-electron chi connectivity index (χ1n) is 13.6. The van der Waals surface area contributed by atoms with Gasteiger partial charge in [0, 0.05) is 62.0 Å². The summed E-state index contributed by atoms with van der Waals surface area (Å²) < 4.78 is 19.5. The van der Waals surface area contributed by atoms with Gasteiger partial charge in [-0.05, 0) is 48.8 Å². The Balaban J connectivity index is 1.29. The molecular weight excluding hydrogens is 471 g/mol. The summed E-state index contributed by atoms with van der Waals surface area (Å²) in [5.74, 6) is 0.322. The van der Waals surface area contributed by atoms with E-state index in [-0.39, 0.29) is 35.2 Å². The molecule has 1 aliphatic carbocycles. The number of nitrogens with zero attached hydrogens (tertiary/aromatic N) is 2. The number of nitrogens with one attached hydrogen (secondary N) is 1. The molecular formula is C29H39FN4O3. The average molecular weight is 511 g/mol. The van der Waals surface area contributed by atoms with Crippen LogP contribution in [0.3, 0.4) is 0 Å². The molecule has 0 unspecified atom stereocenters. The van der Waals surface area contributed by atoms with Gasteiger partial charge in [0.05, 0.1) is 11.7 Å². The number of aromatic nitrogens is 1. The van der Waals surface area contributed by atoms with Gasteiger partial charge >= 0.3 is 0 Å². The maximum absolute atomic E-state index is 13.9. The highest BCUT2D eigenvalue weighted by atomic mass is 19.1. The van der Waals surface area contributed by atoms with E-state index in [0.717, 1.165) is 50.3 Å². The molecule has 37 heavy (non-hydrogen) atoms. The lowest BCUT2D eigenvalue weighted by atomic mass is 9.75. The maximum atomic E-state index is 13.9. The lowest BCUT2D eigenvalue weighted by molar-refractivity contribution is 0.0319. The number of carbonyl (C=O) groups is 1. The number of nitrogens with two attached hydrogens (primary N) is 1. The Bertz CT molecular complexity index is 1110. The van der Waals surface area contributed by atoms with E-state index >= 15 is 0 Å². The van der Waals surface area contributed by atoms with E-state index in [1.807, 2.05) is 0 Å². The number of alkyl halides is 1. The SMILES string of the molecule is C[C@@H]1CN(C2CCOCC2)C[C@@]1(C)c1ccc(-c2cnc(N)c(C(=O)N[C@@H]3CC[C@@H](O)[C@@H](F)C3)c2)cc1. The van der Waals surface area contributed by atoms with E-state index in [1.54, 1.807) is 12.3 Å². The fourth-order valence-electron chi connectivity index (χ4n) is 6.25. The van der Waals surface area contributed by atoms with Crippen LogP contribution >= 0.6 is 0 Å². The number of aliphatic hydroxyl groups is 1. The van der Waals surface area contributed by atoms with Crippen molar-refractivity contribution in [3.05, 3.63) is 47.7 Å². The van der Waals surface area contributed by atoms with Gasteiger partial charge in [-0.1, -0.05) is 38.1 Å². The Morgan fingerprint density at radius 3 is 2.62 bits per heavy atom. The van der Waals surface area contributed by atoms with Crippen LogP contribution in [-0.4, -0.2) is 71.6 Å². The molecule has 1 aromatic heterocycles. The fraction of sp³-hybridized carbons (Fsp3) is 0.586. The van der Waals surface area contributed by atoms with Crippen LogP contribution in [0.2, 0.25) is 0 Å². The van der Waals surface area contributed by atoms with Crippen LogP contribution < -0.4 is 11.1 Å². The number of likely N-dealkylation sites (tertiary alicyclic amines) is 1. The number of pyridine rings is 1. The zero-order chi connectivity index (χ0) is 26.2. The van der Waals surface area contributed by atoms with Gasteiger partial charge in [0.2, 0.25) is 0 Å². The number of hydrogen-bond donors (Lipinski definition) is 3. The number of anilines is 1. The number of aliphatic hydroxyl groups excluding tert-OH is 1. The van der Waals surface area contributed by atoms with Crippen LogP contribution in [0.1, 0.15) is 61.9 Å². The first-order valence-corrected chi connectivity index (χ1v) is 13.6. The highest BCUT2D eigenvalue weighted by Gasteiger charge is 2.43. The summed E-state index contributed by atoms with van der Waals surface area (Å²) in [7, 11) is 0. The molecule has 5 atom stereocenters. The number of carbonyl (C=O) groups excluding carboxylic acids is 1. The van der Waals surface area contributed by atoms with Gasteiger partial charge < -0.3 is 20.9 Å². The van der Waals surface area contributed by atoms with E-state index < -0.39 is 12.3 Å². The predicted molar refractivity (Wildman–Crippen MR) is 142 cm³/mol. The van der Waals surface area contributed by atoms with Crippen molar-refractivity contribution in [1.29, 1.82) is 0 Å². The molecule has 2 aliphatic heterocycles. The van der Waals surface area contributed by atoms with Gasteiger partial charge in [0.15, 0.2) is 0 Å². The smallest absolute Gasteiger partial charge is 0.255 e. The molecule has 1 amide bonds. The van der Waals surface area contributed by atoms with Crippen molar-refractivity contribution in [3.8, 4) is 11.1 Å². The van der Waals surface area contributed by atoms with E-state index in [1.165, 1.54) is 5.56 Å². The highest BCUT2D eigenvalue weighted by molar-refractivity contribution is 5.99. The van der Waals surface area contributed by atoms with Crippen molar-refractivity contribution in [2.24, 2.45) is 5.92 Å². The van der Waals surface area contributed by atoms with Gasteiger partial charge in [-0.15, -0.1) is 0 Å². The van der Waals surface area contributed by atoms with Crippen LogP contribution in [0, 0.1) is 5.92 Å². The van der Waals surface area contributed by atoms with Crippen LogP contribution in [0.15, 0.2) is 36.5 Å². The third kappa shape index (κ3) is 5.38. The Hall–Kier alpha value is -2.55. The van der Waals surface area contributed by atoms with Gasteiger partial charge in [0.1, 0.15) is 12.0 Å². The van der Waals surface area contributed by atoms with Crippen molar-refractivity contribution in [2.75, 3.05) is 32.0 Å². The predicted octanol–water partition coefficient (Wildman–Crippen LogP) is 3.70. The number of halogens is 1. The van der Waals surface area contributed by atoms with Crippen LogP contribution in [0.5, 0.6) is 0 Å². The second-order valence-electron chi connectivity index (χ2n) is 11.4. The van der Waals surface area contributed by atoms with E-state index in [9.17, 15) is 14.3 Å². The third-order valence-electron chi connectivity index (χ3n) is 8.95. The van der Waals surface area contributed by atoms with Crippen LogP contribution in [0.25, 0.3) is 11.1 Å². The van der Waals surface area contributed by atoms with E-state index in [0.29, 0.717) is 24.8 Å². The number of amides is 1. The Kier molecular flexibility index (Phi) is 7.52. The summed E-state index contributed by atoms with van der Waals surface area (Å²) in [6.45, 7) is 8.58. The van der Waals surface area contributed by atoms with Crippen molar-refractivity contribution in [3.63, 3.8) is 0 Å². The molecule has 1 saturated carbocycles. The monoisotopic (exact) mass is 510 g/mol. The van der Waals surface area contributed by atoms with Gasteiger partial charge in [0.25, 0.3) is 5.91 Å². The zero-order valence-electron chi connectivity index (χ0n) is 21.8. The summed E-state index contributed by atoms with van der Waals surface area (Å²) in [4.78, 5) is 19.9. The number of rotatable bonds is 5. The first-order chi connectivity index (χ1) is 17.7. The van der Waals surface area contributed by atoms with Crippen molar-refractivity contribution >= 4 is 11.7 Å². The van der Waals surface area contributed by atoms with Crippen LogP contribution in [-0.2, 0) is 10.2 Å². The molecule has 2 saturated heterocycles. The summed E-state index contributed by atoms with van der Waals surface area (Å²) in [5.41, 5.74) is 9.48. The second-order valence-corrected chi connectivity index (χ2v) is 11.4. The van der Waals surface area contributed by atoms with Crippen molar-refractivity contribution in [1.82, 2.24) is 15.2 Å². The minimum Gasteiger partial charge on any atom is -0.390 e. The lowest BCUT2D eigenvalue weighted by Gasteiger charge is -2.33. The first kappa shape index (κ1) is 26.1. The third-order valence-corrected chi connectivity index (χ3v) is 8.95. The van der Waals surface area contributed by atoms with Gasteiger partial charge in [-0.3, -0.25) is 9.69 Å². The molecule has 200 valence electrons. The number of nitrogen functional groups attached to an aromatic ring is 1. The fourth-order valence-corrected chi connectivity index (χ4v) is 6.25. The molecule has 1 aromatic carbocycles. The molecule has 5 rings (SSSR count). The molecule has 7 nitrogen and oxygen atoms in total. The van der Waals surface area contributed by atoms with Gasteiger partial charge in [-0.25, -0.2) is 9.37 Å². The minimum atomic E-state index is -1.33. The number of benzene rings is 1. The molecule has 0 bridgehead atoms. The summed E-state index contributed by atoms with van der Waals surface area (Å²) in [6, 6.07) is 10.6. The van der Waals surface area contributed by atoms with Gasteiger partial charge in [-0.2, -0.15) is 0 Å². The van der Waals surface area contributed by atoms with Crippen LogP contribution in [0.4, 0.5) is 10.2 Å². The minimum absolute atomic E-state index is 0.0725. The molecule has 8 heteroatoms. The Morgan fingerprint density at radius 2 is 1.92 bits per heavy atom. The molecule has 3 heterocycles. The summed E-state index contributed by atoms with van der Waals surface area (Å²) in [6.07, 6.45) is 2.59. The topological polar surface area (TPSA) is 101 Å². The second kappa shape index (κ2) is 10.7. The molecule has 3 fully saturated rings. The lowest BCUT2D eigenvalue weighted by Crippen LogP contribution is -2.43. The standard InChI is InChI=1S/C29H39FN4O3/c1-18-16-34(23-9-11-37-12-10-23)17-29(18,2)21-5-3-19(4-6-21)20-13-24(27(31)32-15-20)28(36)33-22-7-8-26(35)25(30)14-22/h3-6,13,15,18,22-23,25-26,35H,7-12,14,16-17H2,1-2H3,(H2,31,32)(H,33,36)/t18-,22-,25+,26-,29-/m1/s1. The molecule has 3 aliphatic rings. The summed E-state index contributed by atoms with van der Waals surface area (Å²) in [5, 5.41) is 12.5. The Labute approximate surface area is 218 Å². The zero-order valence-corrected chi connectivity index (χ0v) is 21.8. The number of hydrogen-bond acceptors (Lipinski definition) is 6. The molecule has 0 spiro atoms. The number of ether oxygens (including phenoxy) is 1. The average Bonchev–Trinajstić information content (AvgIpc) is 3.22. The molecule has 0 radical (unpaired) electrons.